The van der Waals surface area contributed by atoms with Gasteiger partial charge in [-0.3, -0.25) is 9.69 Å². The van der Waals surface area contributed by atoms with Crippen molar-refractivity contribution in [3.05, 3.63) is 29.8 Å². The Morgan fingerprint density at radius 3 is 3.10 bits per heavy atom. The largest absolute Gasteiger partial charge is 0.497 e. The van der Waals surface area contributed by atoms with Crippen LogP contribution in [0.1, 0.15) is 18.1 Å². The molecule has 1 saturated heterocycles. The molecule has 0 saturated carbocycles. The summed E-state index contributed by atoms with van der Waals surface area (Å²) in [6.07, 6.45) is -0.955. The van der Waals surface area contributed by atoms with Crippen molar-refractivity contribution < 1.29 is 24.5 Å². The van der Waals surface area contributed by atoms with E-state index in [1.54, 1.807) is 13.2 Å². The Bertz CT molecular complexity index is 479. The maximum absolute atomic E-state index is 10.7. The Morgan fingerprint density at radius 2 is 2.38 bits per heavy atom. The minimum absolute atomic E-state index is 0.00818. The van der Waals surface area contributed by atoms with Gasteiger partial charge in [0.15, 0.2) is 0 Å². The van der Waals surface area contributed by atoms with E-state index in [4.69, 9.17) is 14.6 Å². The fourth-order valence-electron chi connectivity index (χ4n) is 2.46. The van der Waals surface area contributed by atoms with Crippen LogP contribution in [0.25, 0.3) is 0 Å². The summed E-state index contributed by atoms with van der Waals surface area (Å²) in [5, 5.41) is 19.1. The number of ether oxygens (including phenoxy) is 2. The number of benzene rings is 1. The van der Waals surface area contributed by atoms with Gasteiger partial charge in [-0.05, 0) is 17.7 Å². The van der Waals surface area contributed by atoms with Crippen LogP contribution in [0.5, 0.6) is 5.75 Å². The van der Waals surface area contributed by atoms with Crippen LogP contribution in [0.3, 0.4) is 0 Å². The van der Waals surface area contributed by atoms with E-state index in [0.29, 0.717) is 32.0 Å². The molecule has 0 aromatic heterocycles. The van der Waals surface area contributed by atoms with Crippen molar-refractivity contribution in [3.8, 4) is 5.75 Å². The van der Waals surface area contributed by atoms with Crippen LogP contribution in [0.4, 0.5) is 0 Å². The Hall–Kier alpha value is -1.63. The number of carboxylic acids is 1. The number of aliphatic hydroxyl groups excluding tert-OH is 1. The Morgan fingerprint density at radius 1 is 1.57 bits per heavy atom. The molecule has 0 spiro atoms. The van der Waals surface area contributed by atoms with Crippen molar-refractivity contribution in [2.45, 2.75) is 18.6 Å². The van der Waals surface area contributed by atoms with Crippen molar-refractivity contribution in [2.75, 3.05) is 33.4 Å². The standard InChI is InChI=1S/C15H21NO5/c1-20-12-4-2-3-11(7-12)14(17)10-16-5-6-21-13(9-16)8-15(18)19/h2-4,7,13-14,17H,5-6,8-10H2,1H3,(H,18,19). The molecule has 2 unspecified atom stereocenters. The second kappa shape index (κ2) is 7.40. The highest BCUT2D eigenvalue weighted by atomic mass is 16.5. The number of hydrogen-bond acceptors (Lipinski definition) is 5. The van der Waals surface area contributed by atoms with Crippen LogP contribution in [0.15, 0.2) is 24.3 Å². The molecule has 1 aromatic rings. The number of methoxy groups -OCH3 is 1. The van der Waals surface area contributed by atoms with Crippen LogP contribution in [0.2, 0.25) is 0 Å². The Balaban J connectivity index is 1.92. The van der Waals surface area contributed by atoms with Crippen LogP contribution < -0.4 is 4.74 Å². The van der Waals surface area contributed by atoms with E-state index < -0.39 is 12.1 Å². The number of β-amino-alcohol motifs (C(OH)–C–C–N with tert-alkyl or cyclic N) is 1. The Kier molecular flexibility index (Phi) is 5.55. The zero-order valence-electron chi connectivity index (χ0n) is 12.1. The van der Waals surface area contributed by atoms with Crippen molar-refractivity contribution >= 4 is 5.97 Å². The van der Waals surface area contributed by atoms with E-state index in [1.807, 2.05) is 23.1 Å². The monoisotopic (exact) mass is 295 g/mol. The predicted molar refractivity (Wildman–Crippen MR) is 76.4 cm³/mol. The van der Waals surface area contributed by atoms with Crippen LogP contribution in [-0.2, 0) is 9.53 Å². The summed E-state index contributed by atoms with van der Waals surface area (Å²) in [6.45, 7) is 2.15. The zero-order chi connectivity index (χ0) is 15.2. The number of hydrogen-bond donors (Lipinski definition) is 2. The summed E-state index contributed by atoms with van der Waals surface area (Å²) >= 11 is 0. The molecule has 0 radical (unpaired) electrons. The van der Waals surface area contributed by atoms with Crippen molar-refractivity contribution in [1.82, 2.24) is 4.90 Å². The molecule has 1 heterocycles. The van der Waals surface area contributed by atoms with Gasteiger partial charge in [0.25, 0.3) is 0 Å². The van der Waals surface area contributed by atoms with E-state index in [2.05, 4.69) is 0 Å². The minimum Gasteiger partial charge on any atom is -0.497 e. The first kappa shape index (κ1) is 15.8. The average molecular weight is 295 g/mol. The van der Waals surface area contributed by atoms with E-state index in [0.717, 1.165) is 5.56 Å². The van der Waals surface area contributed by atoms with Crippen molar-refractivity contribution in [3.63, 3.8) is 0 Å². The third kappa shape index (κ3) is 4.70. The maximum Gasteiger partial charge on any atom is 0.306 e. The van der Waals surface area contributed by atoms with E-state index in [-0.39, 0.29) is 12.5 Å². The molecule has 6 heteroatoms. The molecule has 2 atom stereocenters. The quantitative estimate of drug-likeness (QED) is 0.812. The van der Waals surface area contributed by atoms with Crippen molar-refractivity contribution in [1.29, 1.82) is 0 Å². The van der Waals surface area contributed by atoms with Gasteiger partial charge in [-0.25, -0.2) is 0 Å². The number of carbonyl (C=O) groups is 1. The first-order valence-electron chi connectivity index (χ1n) is 6.96. The summed E-state index contributed by atoms with van der Waals surface area (Å²) < 4.78 is 10.6. The molecule has 116 valence electrons. The van der Waals surface area contributed by atoms with Gasteiger partial charge in [-0.15, -0.1) is 0 Å². The molecule has 0 aliphatic carbocycles. The minimum atomic E-state index is -0.866. The number of nitrogens with zero attached hydrogens (tertiary/aromatic N) is 1. The van der Waals surface area contributed by atoms with Crippen LogP contribution >= 0.6 is 0 Å². The molecule has 1 aliphatic heterocycles. The number of aliphatic hydroxyl groups is 1. The normalized spacial score (nSPS) is 21.0. The first-order chi connectivity index (χ1) is 10.1. The fraction of sp³-hybridized carbons (Fsp3) is 0.533. The van der Waals surface area contributed by atoms with E-state index in [1.165, 1.54) is 0 Å². The number of aliphatic carboxylic acids is 1. The van der Waals surface area contributed by atoms with Crippen LogP contribution in [-0.4, -0.2) is 60.5 Å². The molecular weight excluding hydrogens is 274 g/mol. The first-order valence-corrected chi connectivity index (χ1v) is 6.96. The van der Waals surface area contributed by atoms with Crippen molar-refractivity contribution in [2.24, 2.45) is 0 Å². The van der Waals surface area contributed by atoms with Gasteiger partial charge in [0.05, 0.1) is 32.3 Å². The second-order valence-corrected chi connectivity index (χ2v) is 5.14. The lowest BCUT2D eigenvalue weighted by Crippen LogP contribution is -2.44. The summed E-state index contributed by atoms with van der Waals surface area (Å²) in [7, 11) is 1.59. The number of rotatable bonds is 6. The second-order valence-electron chi connectivity index (χ2n) is 5.14. The number of morpholine rings is 1. The summed E-state index contributed by atoms with van der Waals surface area (Å²) in [5.74, 6) is -0.160. The molecule has 0 bridgehead atoms. The number of carboxylic acid groups (broad SMARTS) is 1. The molecular formula is C15H21NO5. The van der Waals surface area contributed by atoms with Gasteiger partial charge in [0.1, 0.15) is 5.75 Å². The molecule has 21 heavy (non-hydrogen) atoms. The lowest BCUT2D eigenvalue weighted by atomic mass is 10.1. The van der Waals surface area contributed by atoms with Gasteiger partial charge >= 0.3 is 5.97 Å². The molecule has 2 rings (SSSR count). The summed E-state index contributed by atoms with van der Waals surface area (Å²) in [5.41, 5.74) is 0.788. The van der Waals surface area contributed by atoms with Crippen LogP contribution in [0, 0.1) is 0 Å². The summed E-state index contributed by atoms with van der Waals surface area (Å²) in [4.78, 5) is 12.8. The molecule has 6 nitrogen and oxygen atoms in total. The molecule has 1 aliphatic rings. The van der Waals surface area contributed by atoms with Gasteiger partial charge in [0.2, 0.25) is 0 Å². The molecule has 2 N–H and O–H groups in total. The van der Waals surface area contributed by atoms with Gasteiger partial charge in [-0.2, -0.15) is 0 Å². The maximum atomic E-state index is 10.7. The smallest absolute Gasteiger partial charge is 0.306 e. The van der Waals surface area contributed by atoms with Gasteiger partial charge in [0, 0.05) is 19.6 Å². The highest BCUT2D eigenvalue weighted by molar-refractivity contribution is 5.67. The molecule has 1 fully saturated rings. The lowest BCUT2D eigenvalue weighted by molar-refractivity contribution is -0.142. The lowest BCUT2D eigenvalue weighted by Gasteiger charge is -2.33. The van der Waals surface area contributed by atoms with Gasteiger partial charge in [-0.1, -0.05) is 12.1 Å². The highest BCUT2D eigenvalue weighted by Gasteiger charge is 2.24. The third-order valence-electron chi connectivity index (χ3n) is 3.53. The van der Waals surface area contributed by atoms with Gasteiger partial charge < -0.3 is 19.7 Å². The SMILES string of the molecule is COc1cccc(C(O)CN2CCOC(CC(=O)O)C2)c1. The molecule has 1 aromatic carbocycles. The highest BCUT2D eigenvalue weighted by Crippen LogP contribution is 2.21. The zero-order valence-corrected chi connectivity index (χ0v) is 12.1. The predicted octanol–water partition coefficient (Wildman–Crippen LogP) is 0.904. The fourth-order valence-corrected chi connectivity index (χ4v) is 2.46. The topological polar surface area (TPSA) is 79.2 Å². The molecule has 0 amide bonds. The third-order valence-corrected chi connectivity index (χ3v) is 3.53. The Labute approximate surface area is 123 Å². The van der Waals surface area contributed by atoms with E-state index in [9.17, 15) is 9.90 Å². The summed E-state index contributed by atoms with van der Waals surface area (Å²) in [6, 6.07) is 7.32. The van der Waals surface area contributed by atoms with E-state index >= 15 is 0 Å². The average Bonchev–Trinajstić information content (AvgIpc) is 2.47.